The van der Waals surface area contributed by atoms with Gasteiger partial charge in [0.05, 0.1) is 11.6 Å². The Morgan fingerprint density at radius 3 is 2.11 bits per heavy atom. The van der Waals surface area contributed by atoms with Gasteiger partial charge in [-0.3, -0.25) is 4.79 Å². The minimum Gasteiger partial charge on any atom is -0.382 e. The monoisotopic (exact) mass is 366 g/mol. The predicted molar refractivity (Wildman–Crippen MR) is 112 cm³/mol. The van der Waals surface area contributed by atoms with Crippen molar-refractivity contribution in [3.8, 4) is 0 Å². The molecule has 3 aromatic rings. The summed E-state index contributed by atoms with van der Waals surface area (Å²) in [5.41, 5.74) is 6.62. The molecule has 0 fully saturated rings. The Kier molecular flexibility index (Phi) is 4.21. The zero-order chi connectivity index (χ0) is 18.9. The summed E-state index contributed by atoms with van der Waals surface area (Å²) in [6.45, 7) is 0.751. The van der Waals surface area contributed by atoms with Gasteiger partial charge < -0.3 is 10.6 Å². The Hall–Kier alpha value is -3.33. The maximum absolute atomic E-state index is 13.4. The summed E-state index contributed by atoms with van der Waals surface area (Å²) in [7, 11) is 0. The second-order valence-electron chi connectivity index (χ2n) is 7.44. The van der Waals surface area contributed by atoms with Crippen molar-refractivity contribution < 1.29 is 4.79 Å². The first-order valence-corrected chi connectivity index (χ1v) is 9.77. The van der Waals surface area contributed by atoms with Gasteiger partial charge in [-0.2, -0.15) is 0 Å². The third-order valence-electron chi connectivity index (χ3n) is 5.75. The van der Waals surface area contributed by atoms with Gasteiger partial charge in [0.1, 0.15) is 5.78 Å². The Bertz CT molecular complexity index is 1040. The van der Waals surface area contributed by atoms with Gasteiger partial charge in [-0.05, 0) is 22.8 Å². The fourth-order valence-corrected chi connectivity index (χ4v) is 4.38. The summed E-state index contributed by atoms with van der Waals surface area (Å²) in [6, 6.07) is 28.8. The number of anilines is 1. The van der Waals surface area contributed by atoms with E-state index in [-0.39, 0.29) is 17.6 Å². The number of carbonyl (C=O) groups excluding carboxylic acids is 1. The van der Waals surface area contributed by atoms with Crippen LogP contribution in [0, 0.1) is 0 Å². The van der Waals surface area contributed by atoms with E-state index in [1.54, 1.807) is 0 Å². The summed E-state index contributed by atoms with van der Waals surface area (Å²) < 4.78 is 0. The first-order chi connectivity index (χ1) is 13.8. The molecule has 2 N–H and O–H groups in total. The zero-order valence-corrected chi connectivity index (χ0v) is 15.6. The molecule has 2 unspecified atom stereocenters. The highest BCUT2D eigenvalue weighted by atomic mass is 16.1. The van der Waals surface area contributed by atoms with Crippen LogP contribution in [0.1, 0.15) is 34.9 Å². The van der Waals surface area contributed by atoms with Crippen molar-refractivity contribution in [1.82, 2.24) is 5.32 Å². The number of allylic oxidation sites excluding steroid dienone is 2. The molecule has 0 spiro atoms. The van der Waals surface area contributed by atoms with Crippen molar-refractivity contribution in [2.45, 2.75) is 24.8 Å². The highest BCUT2D eigenvalue weighted by Crippen LogP contribution is 2.43. The van der Waals surface area contributed by atoms with E-state index >= 15 is 0 Å². The smallest absolute Gasteiger partial charge is 0.147 e. The van der Waals surface area contributed by atoms with Gasteiger partial charge in [0.15, 0.2) is 0 Å². The summed E-state index contributed by atoms with van der Waals surface area (Å²) in [6.07, 6.45) is 0.507. The van der Waals surface area contributed by atoms with E-state index in [0.717, 1.165) is 29.2 Å². The molecule has 2 atom stereocenters. The van der Waals surface area contributed by atoms with Crippen LogP contribution in [0.25, 0.3) is 0 Å². The third-order valence-corrected chi connectivity index (χ3v) is 5.75. The fraction of sp³-hybridized carbons (Fsp3) is 0.160. The Balaban J connectivity index is 1.67. The number of ketones is 1. The van der Waals surface area contributed by atoms with Gasteiger partial charge in [0, 0.05) is 30.3 Å². The topological polar surface area (TPSA) is 41.1 Å². The van der Waals surface area contributed by atoms with Gasteiger partial charge in [0.25, 0.3) is 0 Å². The number of fused-ring (bicyclic) bond motifs is 1. The molecule has 1 heterocycles. The van der Waals surface area contributed by atoms with Crippen molar-refractivity contribution >= 4 is 11.5 Å². The third kappa shape index (κ3) is 2.89. The molecule has 0 bridgehead atoms. The maximum atomic E-state index is 13.4. The number of hydrogen-bond donors (Lipinski definition) is 2. The van der Waals surface area contributed by atoms with Crippen molar-refractivity contribution in [3.63, 3.8) is 0 Å². The zero-order valence-electron chi connectivity index (χ0n) is 15.6. The maximum Gasteiger partial charge on any atom is 0.147 e. The molecular weight excluding hydrogens is 344 g/mol. The average molecular weight is 366 g/mol. The lowest BCUT2D eigenvalue weighted by atomic mass is 9.76. The van der Waals surface area contributed by atoms with Gasteiger partial charge in [0.2, 0.25) is 0 Å². The molecule has 0 saturated carbocycles. The molecule has 0 saturated heterocycles. The minimum absolute atomic E-state index is 0.0467. The van der Waals surface area contributed by atoms with Crippen molar-refractivity contribution in [2.24, 2.45) is 0 Å². The van der Waals surface area contributed by atoms with Crippen LogP contribution in [0.2, 0.25) is 0 Å². The molecule has 0 aromatic heterocycles. The number of hydrogen-bond acceptors (Lipinski definition) is 3. The van der Waals surface area contributed by atoms with E-state index in [0.29, 0.717) is 6.42 Å². The van der Waals surface area contributed by atoms with Crippen molar-refractivity contribution in [3.05, 3.63) is 113 Å². The molecular formula is C25H22N2O. The molecule has 3 aromatic carbocycles. The standard InChI is InChI=1S/C25H22N2O/c28-22-15-20(17-9-3-1-4-10-17)24-25(23(22)18-11-5-2-6-12-18)27-21-14-8-7-13-19(21)16-26-24/h1-14,20,23,26-27H,15-16H2. The Morgan fingerprint density at radius 2 is 1.36 bits per heavy atom. The van der Waals surface area contributed by atoms with Crippen LogP contribution in [-0.4, -0.2) is 5.78 Å². The van der Waals surface area contributed by atoms with Gasteiger partial charge >= 0.3 is 0 Å². The average Bonchev–Trinajstić information content (AvgIpc) is 2.94. The van der Waals surface area contributed by atoms with Crippen LogP contribution in [0.5, 0.6) is 0 Å². The quantitative estimate of drug-likeness (QED) is 0.674. The first kappa shape index (κ1) is 16.8. The van der Waals surface area contributed by atoms with Crippen LogP contribution < -0.4 is 10.6 Å². The highest BCUT2D eigenvalue weighted by molar-refractivity contribution is 5.93. The summed E-state index contributed by atoms with van der Waals surface area (Å²) in [5, 5.41) is 7.31. The number of carbonyl (C=O) groups is 1. The van der Waals surface area contributed by atoms with Crippen LogP contribution in [-0.2, 0) is 11.3 Å². The molecule has 2 aliphatic rings. The van der Waals surface area contributed by atoms with Gasteiger partial charge in [-0.15, -0.1) is 0 Å². The van der Waals surface area contributed by atoms with E-state index in [2.05, 4.69) is 53.1 Å². The minimum atomic E-state index is -0.269. The SMILES string of the molecule is O=C1CC(c2ccccc2)C2=C(Nc3ccccc3CN2)C1c1ccccc1. The molecule has 28 heavy (non-hydrogen) atoms. The molecule has 0 radical (unpaired) electrons. The predicted octanol–water partition coefficient (Wildman–Crippen LogP) is 4.95. The lowest BCUT2D eigenvalue weighted by molar-refractivity contribution is -0.120. The summed E-state index contributed by atoms with van der Waals surface area (Å²) in [4.78, 5) is 13.4. The summed E-state index contributed by atoms with van der Waals surface area (Å²) in [5.74, 6) is 0.0350. The molecule has 0 amide bonds. The molecule has 138 valence electrons. The molecule has 1 aliphatic heterocycles. The normalized spacial score (nSPS) is 21.1. The first-order valence-electron chi connectivity index (χ1n) is 9.77. The van der Waals surface area contributed by atoms with Crippen LogP contribution in [0.3, 0.4) is 0 Å². The van der Waals surface area contributed by atoms with Gasteiger partial charge in [-0.1, -0.05) is 78.9 Å². The molecule has 5 rings (SSSR count). The van der Waals surface area contributed by atoms with Crippen molar-refractivity contribution in [2.75, 3.05) is 5.32 Å². The number of rotatable bonds is 2. The largest absolute Gasteiger partial charge is 0.382 e. The summed E-state index contributed by atoms with van der Waals surface area (Å²) >= 11 is 0. The van der Waals surface area contributed by atoms with E-state index in [4.69, 9.17) is 0 Å². The van der Waals surface area contributed by atoms with E-state index in [1.165, 1.54) is 11.1 Å². The molecule has 3 heteroatoms. The second-order valence-corrected chi connectivity index (χ2v) is 7.44. The second kappa shape index (κ2) is 7.01. The number of benzene rings is 3. The lowest BCUT2D eigenvalue weighted by Gasteiger charge is -2.33. The van der Waals surface area contributed by atoms with Gasteiger partial charge in [-0.25, -0.2) is 0 Å². The highest BCUT2D eigenvalue weighted by Gasteiger charge is 2.38. The van der Waals surface area contributed by atoms with Crippen LogP contribution in [0.15, 0.2) is 96.3 Å². The van der Waals surface area contributed by atoms with Crippen LogP contribution >= 0.6 is 0 Å². The van der Waals surface area contributed by atoms with Crippen molar-refractivity contribution in [1.29, 1.82) is 0 Å². The van der Waals surface area contributed by atoms with E-state index in [9.17, 15) is 4.79 Å². The van der Waals surface area contributed by atoms with E-state index in [1.807, 2.05) is 42.5 Å². The Morgan fingerprint density at radius 1 is 0.714 bits per heavy atom. The molecule has 1 aliphatic carbocycles. The molecule has 3 nitrogen and oxygen atoms in total. The Labute approximate surface area is 165 Å². The number of Topliss-reactive ketones (excluding diaryl/α,β-unsaturated/α-hetero) is 1. The van der Waals surface area contributed by atoms with E-state index < -0.39 is 0 Å². The fourth-order valence-electron chi connectivity index (χ4n) is 4.38. The van der Waals surface area contributed by atoms with Crippen LogP contribution in [0.4, 0.5) is 5.69 Å². The number of nitrogens with one attached hydrogen (secondary N) is 2. The lowest BCUT2D eigenvalue weighted by Crippen LogP contribution is -2.33. The number of para-hydroxylation sites is 1.